The van der Waals surface area contributed by atoms with Crippen LogP contribution in [0.25, 0.3) is 0 Å². The van der Waals surface area contributed by atoms with E-state index >= 15 is 0 Å². The van der Waals surface area contributed by atoms with Gasteiger partial charge in [0.25, 0.3) is 0 Å². The molecule has 0 unspecified atom stereocenters. The Morgan fingerprint density at radius 3 is 2.69 bits per heavy atom. The average molecular weight is 194 g/mol. The minimum absolute atomic E-state index is 0.352. The van der Waals surface area contributed by atoms with Crippen LogP contribution in [0.3, 0.4) is 0 Å². The largest absolute Gasteiger partial charge is 0.408 e. The van der Waals surface area contributed by atoms with E-state index in [1.54, 1.807) is 0 Å². The third kappa shape index (κ3) is 3.41. The minimum Gasteiger partial charge on any atom is -0.330 e. The summed E-state index contributed by atoms with van der Waals surface area (Å²) in [6.07, 6.45) is -2.56. The molecule has 4 nitrogen and oxygen atoms in total. The van der Waals surface area contributed by atoms with Crippen molar-refractivity contribution in [1.29, 1.82) is 0 Å². The number of nitrogens with two attached hydrogens (primary N) is 1. The van der Waals surface area contributed by atoms with Crippen molar-refractivity contribution < 1.29 is 13.2 Å². The molecule has 0 atom stereocenters. The number of aromatic nitrogens is 3. The highest BCUT2D eigenvalue weighted by Crippen LogP contribution is 2.16. The number of rotatable bonds is 3. The molecular weight excluding hydrogens is 185 g/mol. The molecule has 0 amide bonds. The lowest BCUT2D eigenvalue weighted by Crippen LogP contribution is -2.18. The summed E-state index contributed by atoms with van der Waals surface area (Å²) in [5.74, 6) is 0. The Balaban J connectivity index is 2.59. The molecule has 13 heavy (non-hydrogen) atoms. The number of halogens is 3. The number of hydrogen-bond acceptors (Lipinski definition) is 3. The van der Waals surface area contributed by atoms with Gasteiger partial charge in [-0.15, -0.1) is 5.10 Å². The van der Waals surface area contributed by atoms with E-state index in [0.29, 0.717) is 18.7 Å². The molecular formula is C6H9F3N4. The second-order valence-electron chi connectivity index (χ2n) is 2.56. The molecule has 0 aliphatic heterocycles. The van der Waals surface area contributed by atoms with Gasteiger partial charge in [0.05, 0.1) is 5.69 Å². The van der Waals surface area contributed by atoms with Crippen LogP contribution in [0, 0.1) is 0 Å². The van der Waals surface area contributed by atoms with Crippen LogP contribution in [0.5, 0.6) is 0 Å². The van der Waals surface area contributed by atoms with Crippen molar-refractivity contribution in [1.82, 2.24) is 15.0 Å². The average Bonchev–Trinajstić information content (AvgIpc) is 2.33. The van der Waals surface area contributed by atoms with Gasteiger partial charge in [-0.1, -0.05) is 5.21 Å². The van der Waals surface area contributed by atoms with Gasteiger partial charge in [-0.2, -0.15) is 13.2 Å². The van der Waals surface area contributed by atoms with Gasteiger partial charge in [0.1, 0.15) is 6.54 Å². The van der Waals surface area contributed by atoms with E-state index in [0.717, 1.165) is 4.68 Å². The van der Waals surface area contributed by atoms with Gasteiger partial charge < -0.3 is 5.73 Å². The number of hydrogen-bond donors (Lipinski definition) is 1. The van der Waals surface area contributed by atoms with Crippen LogP contribution in [0.4, 0.5) is 13.2 Å². The number of alkyl halides is 3. The van der Waals surface area contributed by atoms with Crippen LogP contribution in [0.15, 0.2) is 6.20 Å². The normalized spacial score (nSPS) is 12.0. The molecule has 0 fully saturated rings. The molecule has 1 heterocycles. The first-order valence-electron chi connectivity index (χ1n) is 3.67. The monoisotopic (exact) mass is 194 g/mol. The van der Waals surface area contributed by atoms with E-state index in [2.05, 4.69) is 10.3 Å². The Morgan fingerprint density at radius 2 is 2.15 bits per heavy atom. The standard InChI is InChI=1S/C6H9F3N4/c7-6(8,9)4-13-3-5(1-2-10)11-12-13/h3H,1-2,4,10H2. The molecule has 1 aromatic heterocycles. The summed E-state index contributed by atoms with van der Waals surface area (Å²) >= 11 is 0. The minimum atomic E-state index is -4.26. The van der Waals surface area contributed by atoms with Crippen molar-refractivity contribution in [3.63, 3.8) is 0 Å². The van der Waals surface area contributed by atoms with Crippen LogP contribution in [-0.4, -0.2) is 27.7 Å². The fourth-order valence-electron chi connectivity index (χ4n) is 0.862. The van der Waals surface area contributed by atoms with Gasteiger partial charge in [0.15, 0.2) is 0 Å². The van der Waals surface area contributed by atoms with E-state index in [1.165, 1.54) is 6.20 Å². The second kappa shape index (κ2) is 3.73. The zero-order valence-electron chi connectivity index (χ0n) is 6.75. The SMILES string of the molecule is NCCc1cn(CC(F)(F)F)nn1. The van der Waals surface area contributed by atoms with E-state index in [4.69, 9.17) is 5.73 Å². The predicted molar refractivity (Wildman–Crippen MR) is 38.8 cm³/mol. The third-order valence-electron chi connectivity index (χ3n) is 1.33. The Kier molecular flexibility index (Phi) is 2.86. The highest BCUT2D eigenvalue weighted by atomic mass is 19.4. The quantitative estimate of drug-likeness (QED) is 0.754. The van der Waals surface area contributed by atoms with Crippen molar-refractivity contribution in [3.05, 3.63) is 11.9 Å². The summed E-state index contributed by atoms with van der Waals surface area (Å²) in [7, 11) is 0. The molecule has 7 heteroatoms. The Morgan fingerprint density at radius 1 is 1.46 bits per heavy atom. The first-order chi connectivity index (χ1) is 6.01. The summed E-state index contributed by atoms with van der Waals surface area (Å²) in [5.41, 5.74) is 5.68. The zero-order chi connectivity index (χ0) is 9.90. The fraction of sp³-hybridized carbons (Fsp3) is 0.667. The van der Waals surface area contributed by atoms with Crippen molar-refractivity contribution in [2.45, 2.75) is 19.1 Å². The lowest BCUT2D eigenvalue weighted by molar-refractivity contribution is -0.142. The lowest BCUT2D eigenvalue weighted by Gasteiger charge is -2.03. The van der Waals surface area contributed by atoms with Gasteiger partial charge in [-0.25, -0.2) is 4.68 Å². The fourth-order valence-corrected chi connectivity index (χ4v) is 0.862. The molecule has 0 aliphatic rings. The summed E-state index contributed by atoms with van der Waals surface area (Å²) in [6.45, 7) is -0.755. The van der Waals surface area contributed by atoms with Crippen molar-refractivity contribution in [2.24, 2.45) is 5.73 Å². The van der Waals surface area contributed by atoms with E-state index in [-0.39, 0.29) is 0 Å². The van der Waals surface area contributed by atoms with Gasteiger partial charge in [0, 0.05) is 12.6 Å². The molecule has 1 aromatic rings. The maximum Gasteiger partial charge on any atom is 0.408 e. The van der Waals surface area contributed by atoms with Crippen LogP contribution in [-0.2, 0) is 13.0 Å². The van der Waals surface area contributed by atoms with Crippen molar-refractivity contribution >= 4 is 0 Å². The Hall–Kier alpha value is -1.11. The highest BCUT2D eigenvalue weighted by Gasteiger charge is 2.28. The molecule has 0 saturated heterocycles. The lowest BCUT2D eigenvalue weighted by atomic mass is 10.3. The molecule has 0 radical (unpaired) electrons. The van der Waals surface area contributed by atoms with Gasteiger partial charge in [-0.05, 0) is 6.54 Å². The molecule has 0 saturated carbocycles. The maximum atomic E-state index is 11.8. The molecule has 2 N–H and O–H groups in total. The summed E-state index contributed by atoms with van der Waals surface area (Å²) in [4.78, 5) is 0. The van der Waals surface area contributed by atoms with Gasteiger partial charge >= 0.3 is 6.18 Å². The molecule has 1 rings (SSSR count). The zero-order valence-corrected chi connectivity index (χ0v) is 6.75. The maximum absolute atomic E-state index is 11.8. The first-order valence-corrected chi connectivity index (χ1v) is 3.67. The Bertz CT molecular complexity index is 267. The third-order valence-corrected chi connectivity index (χ3v) is 1.33. The van der Waals surface area contributed by atoms with Crippen LogP contribution < -0.4 is 5.73 Å². The summed E-state index contributed by atoms with van der Waals surface area (Å²) in [6, 6.07) is 0. The van der Waals surface area contributed by atoms with Crippen LogP contribution in [0.2, 0.25) is 0 Å². The van der Waals surface area contributed by atoms with Crippen LogP contribution in [0.1, 0.15) is 5.69 Å². The predicted octanol–water partition coefficient (Wildman–Crippen LogP) is 0.342. The summed E-state index contributed by atoms with van der Waals surface area (Å²) in [5, 5.41) is 6.83. The molecule has 0 bridgehead atoms. The molecule has 0 spiro atoms. The van der Waals surface area contributed by atoms with Crippen molar-refractivity contribution in [2.75, 3.05) is 6.54 Å². The topological polar surface area (TPSA) is 56.7 Å². The van der Waals surface area contributed by atoms with E-state index < -0.39 is 12.7 Å². The van der Waals surface area contributed by atoms with E-state index in [9.17, 15) is 13.2 Å². The highest BCUT2D eigenvalue weighted by molar-refractivity contribution is 4.92. The van der Waals surface area contributed by atoms with Crippen LogP contribution >= 0.6 is 0 Å². The molecule has 0 aromatic carbocycles. The van der Waals surface area contributed by atoms with Gasteiger partial charge in [0.2, 0.25) is 0 Å². The first kappa shape index (κ1) is 9.97. The van der Waals surface area contributed by atoms with E-state index in [1.807, 2.05) is 0 Å². The number of nitrogens with zero attached hydrogens (tertiary/aromatic N) is 3. The molecule has 0 aliphatic carbocycles. The molecule has 74 valence electrons. The smallest absolute Gasteiger partial charge is 0.330 e. The Labute approximate surface area is 72.5 Å². The van der Waals surface area contributed by atoms with Gasteiger partial charge in [-0.3, -0.25) is 0 Å². The second-order valence-corrected chi connectivity index (χ2v) is 2.56. The summed E-state index contributed by atoms with van der Waals surface area (Å²) < 4.78 is 36.2. The van der Waals surface area contributed by atoms with Crippen molar-refractivity contribution in [3.8, 4) is 0 Å².